The van der Waals surface area contributed by atoms with Gasteiger partial charge in [-0.1, -0.05) is 13.3 Å². The Morgan fingerprint density at radius 1 is 1.38 bits per heavy atom. The van der Waals surface area contributed by atoms with Gasteiger partial charge in [0, 0.05) is 20.1 Å². The number of hydrogen-bond acceptors (Lipinski definition) is 2. The quantitative estimate of drug-likeness (QED) is 0.700. The highest BCUT2D eigenvalue weighted by atomic mass is 16.2. The molecule has 0 aromatic rings. The Morgan fingerprint density at radius 3 is 2.31 bits per heavy atom. The first-order valence-electron chi connectivity index (χ1n) is 4.96. The van der Waals surface area contributed by atoms with Crippen LogP contribution in [-0.2, 0) is 4.79 Å². The van der Waals surface area contributed by atoms with Crippen LogP contribution < -0.4 is 5.32 Å². The van der Waals surface area contributed by atoms with E-state index in [2.05, 4.69) is 19.2 Å². The molecule has 0 aliphatic carbocycles. The molecule has 0 aliphatic heterocycles. The summed E-state index contributed by atoms with van der Waals surface area (Å²) in [5, 5.41) is 3.27. The van der Waals surface area contributed by atoms with Gasteiger partial charge in [-0.3, -0.25) is 4.79 Å². The molecule has 0 aromatic carbocycles. The first kappa shape index (κ1) is 12.4. The summed E-state index contributed by atoms with van der Waals surface area (Å²) in [6, 6.07) is 0.348. The van der Waals surface area contributed by atoms with E-state index in [4.69, 9.17) is 0 Å². The molecule has 0 rings (SSSR count). The summed E-state index contributed by atoms with van der Waals surface area (Å²) < 4.78 is 0. The summed E-state index contributed by atoms with van der Waals surface area (Å²) in [4.78, 5) is 13.1. The van der Waals surface area contributed by atoms with Gasteiger partial charge < -0.3 is 10.2 Å². The third kappa shape index (κ3) is 4.88. The molecule has 0 spiro atoms. The van der Waals surface area contributed by atoms with Gasteiger partial charge in [-0.15, -0.1) is 0 Å². The second-order valence-corrected chi connectivity index (χ2v) is 3.81. The zero-order valence-corrected chi connectivity index (χ0v) is 9.42. The lowest BCUT2D eigenvalue weighted by atomic mass is 10.1. The molecule has 1 amide bonds. The van der Waals surface area contributed by atoms with Crippen molar-refractivity contribution in [3.8, 4) is 0 Å². The maximum Gasteiger partial charge on any atom is 0.238 e. The van der Waals surface area contributed by atoms with E-state index in [0.717, 1.165) is 12.8 Å². The zero-order chi connectivity index (χ0) is 10.4. The molecular formula is C10H22N2O. The van der Waals surface area contributed by atoms with Gasteiger partial charge in [-0.2, -0.15) is 0 Å². The Hall–Kier alpha value is -0.570. The molecule has 0 fully saturated rings. The van der Waals surface area contributed by atoms with Crippen LogP contribution in [0.4, 0.5) is 0 Å². The highest BCUT2D eigenvalue weighted by molar-refractivity contribution is 5.80. The second kappa shape index (κ2) is 5.97. The molecule has 3 heteroatoms. The number of hydrogen-bond donors (Lipinski definition) is 1. The largest absolute Gasteiger partial charge is 0.347 e. The number of rotatable bonds is 5. The normalized spacial score (nSPS) is 15.2. The number of nitrogens with one attached hydrogen (secondary N) is 1. The van der Waals surface area contributed by atoms with Gasteiger partial charge in [-0.05, 0) is 20.3 Å². The van der Waals surface area contributed by atoms with Crippen molar-refractivity contribution in [2.45, 2.75) is 45.7 Å². The van der Waals surface area contributed by atoms with Crippen LogP contribution in [0.1, 0.15) is 33.6 Å². The molecule has 0 aromatic heterocycles. The van der Waals surface area contributed by atoms with Gasteiger partial charge in [0.05, 0.1) is 6.04 Å². The van der Waals surface area contributed by atoms with Crippen molar-refractivity contribution < 1.29 is 4.79 Å². The van der Waals surface area contributed by atoms with Crippen LogP contribution in [0.25, 0.3) is 0 Å². The van der Waals surface area contributed by atoms with Crippen molar-refractivity contribution in [1.82, 2.24) is 10.2 Å². The van der Waals surface area contributed by atoms with Crippen molar-refractivity contribution >= 4 is 5.91 Å². The minimum atomic E-state index is -0.0726. The van der Waals surface area contributed by atoms with Crippen molar-refractivity contribution in [2.24, 2.45) is 0 Å². The number of carbonyl (C=O) groups is 1. The monoisotopic (exact) mass is 186 g/mol. The number of nitrogens with zero attached hydrogens (tertiary/aromatic N) is 1. The van der Waals surface area contributed by atoms with Crippen LogP contribution in [0.3, 0.4) is 0 Å². The Balaban J connectivity index is 3.85. The maximum atomic E-state index is 11.4. The third-order valence-corrected chi connectivity index (χ3v) is 2.07. The lowest BCUT2D eigenvalue weighted by molar-refractivity contribution is -0.130. The average molecular weight is 186 g/mol. The van der Waals surface area contributed by atoms with Crippen LogP contribution in [0, 0.1) is 0 Å². The molecule has 0 radical (unpaired) electrons. The molecule has 0 saturated heterocycles. The maximum absolute atomic E-state index is 11.4. The van der Waals surface area contributed by atoms with E-state index >= 15 is 0 Å². The van der Waals surface area contributed by atoms with Gasteiger partial charge in [-0.25, -0.2) is 0 Å². The summed E-state index contributed by atoms with van der Waals surface area (Å²) in [5.41, 5.74) is 0. The van der Waals surface area contributed by atoms with E-state index in [1.165, 1.54) is 0 Å². The van der Waals surface area contributed by atoms with E-state index in [0.29, 0.717) is 6.04 Å². The van der Waals surface area contributed by atoms with E-state index < -0.39 is 0 Å². The molecule has 13 heavy (non-hydrogen) atoms. The number of amides is 1. The predicted octanol–water partition coefficient (Wildman–Crippen LogP) is 1.24. The highest BCUT2D eigenvalue weighted by Gasteiger charge is 2.15. The van der Waals surface area contributed by atoms with Crippen LogP contribution >= 0.6 is 0 Å². The standard InChI is InChI=1S/C10H22N2O/c1-6-7-8(2)11-9(3)10(13)12(4)5/h8-9,11H,6-7H2,1-5H3. The van der Waals surface area contributed by atoms with E-state index in [1.807, 2.05) is 6.92 Å². The summed E-state index contributed by atoms with van der Waals surface area (Å²) in [5.74, 6) is 0.142. The molecule has 2 atom stereocenters. The Kier molecular flexibility index (Phi) is 5.71. The first-order valence-corrected chi connectivity index (χ1v) is 4.96. The smallest absolute Gasteiger partial charge is 0.238 e. The average Bonchev–Trinajstić information content (AvgIpc) is 2.03. The molecule has 2 unspecified atom stereocenters. The van der Waals surface area contributed by atoms with Gasteiger partial charge in [0.2, 0.25) is 5.91 Å². The highest BCUT2D eigenvalue weighted by Crippen LogP contribution is 1.98. The van der Waals surface area contributed by atoms with Gasteiger partial charge in [0.25, 0.3) is 0 Å². The van der Waals surface area contributed by atoms with Crippen LogP contribution in [0.2, 0.25) is 0 Å². The minimum Gasteiger partial charge on any atom is -0.347 e. The fourth-order valence-electron chi connectivity index (χ4n) is 1.40. The van der Waals surface area contributed by atoms with Crippen LogP contribution in [-0.4, -0.2) is 37.0 Å². The molecule has 0 bridgehead atoms. The van der Waals surface area contributed by atoms with E-state index in [9.17, 15) is 4.79 Å². The minimum absolute atomic E-state index is 0.0726. The lowest BCUT2D eigenvalue weighted by Gasteiger charge is -2.21. The Morgan fingerprint density at radius 2 is 1.92 bits per heavy atom. The fourth-order valence-corrected chi connectivity index (χ4v) is 1.40. The SMILES string of the molecule is CCCC(C)NC(C)C(=O)N(C)C. The summed E-state index contributed by atoms with van der Waals surface area (Å²) >= 11 is 0. The van der Waals surface area contributed by atoms with Crippen LogP contribution in [0.15, 0.2) is 0 Å². The molecule has 3 nitrogen and oxygen atoms in total. The number of carbonyl (C=O) groups excluding carboxylic acids is 1. The first-order chi connectivity index (χ1) is 5.99. The topological polar surface area (TPSA) is 32.3 Å². The molecular weight excluding hydrogens is 164 g/mol. The van der Waals surface area contributed by atoms with Crippen molar-refractivity contribution in [2.75, 3.05) is 14.1 Å². The van der Waals surface area contributed by atoms with Gasteiger partial charge in [0.15, 0.2) is 0 Å². The fraction of sp³-hybridized carbons (Fsp3) is 0.900. The molecule has 0 aliphatic rings. The second-order valence-electron chi connectivity index (χ2n) is 3.81. The van der Waals surface area contributed by atoms with Gasteiger partial charge in [0.1, 0.15) is 0 Å². The third-order valence-electron chi connectivity index (χ3n) is 2.07. The summed E-state index contributed by atoms with van der Waals surface area (Å²) in [6.45, 7) is 6.17. The molecule has 0 heterocycles. The molecule has 78 valence electrons. The van der Waals surface area contributed by atoms with Crippen molar-refractivity contribution in [3.05, 3.63) is 0 Å². The molecule has 0 saturated carbocycles. The van der Waals surface area contributed by atoms with Crippen molar-refractivity contribution in [1.29, 1.82) is 0 Å². The molecule has 1 N–H and O–H groups in total. The van der Waals surface area contributed by atoms with Gasteiger partial charge >= 0.3 is 0 Å². The van der Waals surface area contributed by atoms with E-state index in [-0.39, 0.29) is 11.9 Å². The Labute approximate surface area is 81.5 Å². The predicted molar refractivity (Wildman–Crippen MR) is 55.7 cm³/mol. The zero-order valence-electron chi connectivity index (χ0n) is 9.42. The number of likely N-dealkylation sites (N-methyl/N-ethyl adjacent to an activating group) is 1. The Bertz CT molecular complexity index is 157. The summed E-state index contributed by atoms with van der Waals surface area (Å²) in [7, 11) is 3.57. The van der Waals surface area contributed by atoms with E-state index in [1.54, 1.807) is 19.0 Å². The van der Waals surface area contributed by atoms with Crippen LogP contribution in [0.5, 0.6) is 0 Å². The summed E-state index contributed by atoms with van der Waals surface area (Å²) in [6.07, 6.45) is 2.27. The lowest BCUT2D eigenvalue weighted by Crippen LogP contribution is -2.45. The van der Waals surface area contributed by atoms with Crippen molar-refractivity contribution in [3.63, 3.8) is 0 Å².